The van der Waals surface area contributed by atoms with Crippen LogP contribution in [0.25, 0.3) is 0 Å². The third-order valence-corrected chi connectivity index (χ3v) is 4.08. The molecule has 1 fully saturated rings. The first-order valence-corrected chi connectivity index (χ1v) is 7.72. The lowest BCUT2D eigenvalue weighted by atomic mass is 9.97. The number of hydrogen-bond donors (Lipinski definition) is 1. The first-order chi connectivity index (χ1) is 11.1. The zero-order valence-electron chi connectivity index (χ0n) is 13.9. The SMILES string of the molecule is CC(=O)N[C@H]1CC[C@@H](C(F)(F)F)N(C(=O)Cn2nc(C)cc2C)C1. The number of likely N-dealkylation sites (tertiary alicyclic amines) is 1. The summed E-state index contributed by atoms with van der Waals surface area (Å²) in [5.41, 5.74) is 1.40. The van der Waals surface area contributed by atoms with Gasteiger partial charge in [0.1, 0.15) is 12.6 Å². The number of alkyl halides is 3. The first kappa shape index (κ1) is 18.3. The van der Waals surface area contributed by atoms with E-state index in [4.69, 9.17) is 0 Å². The topological polar surface area (TPSA) is 67.2 Å². The van der Waals surface area contributed by atoms with Crippen LogP contribution in [-0.4, -0.2) is 51.3 Å². The molecule has 1 saturated heterocycles. The van der Waals surface area contributed by atoms with Crippen molar-refractivity contribution < 1.29 is 22.8 Å². The van der Waals surface area contributed by atoms with E-state index < -0.39 is 24.2 Å². The molecule has 0 unspecified atom stereocenters. The van der Waals surface area contributed by atoms with Gasteiger partial charge in [-0.25, -0.2) is 0 Å². The van der Waals surface area contributed by atoms with Crippen molar-refractivity contribution in [1.82, 2.24) is 20.0 Å². The fourth-order valence-electron chi connectivity index (χ4n) is 3.05. The predicted octanol–water partition coefficient (Wildman–Crippen LogP) is 1.56. The van der Waals surface area contributed by atoms with Gasteiger partial charge in [0.2, 0.25) is 11.8 Å². The smallest absolute Gasteiger partial charge is 0.352 e. The molecule has 9 heteroatoms. The first-order valence-electron chi connectivity index (χ1n) is 7.72. The van der Waals surface area contributed by atoms with Crippen LogP contribution in [0.3, 0.4) is 0 Å². The Bertz CT molecular complexity index is 627. The van der Waals surface area contributed by atoms with Crippen molar-refractivity contribution in [1.29, 1.82) is 0 Å². The maximum Gasteiger partial charge on any atom is 0.408 e. The van der Waals surface area contributed by atoms with E-state index >= 15 is 0 Å². The molecule has 1 aromatic rings. The Morgan fingerprint density at radius 3 is 2.50 bits per heavy atom. The van der Waals surface area contributed by atoms with Gasteiger partial charge in [0, 0.05) is 25.2 Å². The third kappa shape index (κ3) is 4.27. The fraction of sp³-hybridized carbons (Fsp3) is 0.667. The molecule has 1 N–H and O–H groups in total. The molecule has 24 heavy (non-hydrogen) atoms. The van der Waals surface area contributed by atoms with Crippen molar-refractivity contribution in [2.75, 3.05) is 6.54 Å². The molecule has 0 aliphatic carbocycles. The lowest BCUT2D eigenvalue weighted by Crippen LogP contribution is -2.58. The van der Waals surface area contributed by atoms with Gasteiger partial charge >= 0.3 is 6.18 Å². The molecule has 0 bridgehead atoms. The van der Waals surface area contributed by atoms with Crippen molar-refractivity contribution in [2.45, 2.75) is 58.4 Å². The lowest BCUT2D eigenvalue weighted by molar-refractivity contribution is -0.197. The molecule has 2 heterocycles. The highest BCUT2D eigenvalue weighted by molar-refractivity contribution is 5.77. The van der Waals surface area contributed by atoms with Crippen LogP contribution < -0.4 is 5.32 Å². The molecule has 0 radical (unpaired) electrons. The second-order valence-electron chi connectivity index (χ2n) is 6.16. The maximum atomic E-state index is 13.3. The molecule has 0 saturated carbocycles. The minimum Gasteiger partial charge on any atom is -0.352 e. The summed E-state index contributed by atoms with van der Waals surface area (Å²) in [5, 5.41) is 6.71. The second kappa shape index (κ2) is 6.82. The highest BCUT2D eigenvalue weighted by Crippen LogP contribution is 2.32. The highest BCUT2D eigenvalue weighted by Gasteiger charge is 2.48. The largest absolute Gasteiger partial charge is 0.408 e. The molecule has 6 nitrogen and oxygen atoms in total. The third-order valence-electron chi connectivity index (χ3n) is 4.08. The summed E-state index contributed by atoms with van der Waals surface area (Å²) < 4.78 is 41.2. The van der Waals surface area contributed by atoms with Crippen LogP contribution in [0.4, 0.5) is 13.2 Å². The maximum absolute atomic E-state index is 13.3. The van der Waals surface area contributed by atoms with Gasteiger partial charge in [0.05, 0.1) is 5.69 Å². The van der Waals surface area contributed by atoms with Crippen LogP contribution >= 0.6 is 0 Å². The van der Waals surface area contributed by atoms with Gasteiger partial charge in [-0.2, -0.15) is 18.3 Å². The van der Waals surface area contributed by atoms with Crippen molar-refractivity contribution in [2.24, 2.45) is 0 Å². The van der Waals surface area contributed by atoms with Crippen molar-refractivity contribution in [3.63, 3.8) is 0 Å². The number of rotatable bonds is 3. The molecule has 2 rings (SSSR count). The van der Waals surface area contributed by atoms with Crippen LogP contribution in [0.15, 0.2) is 6.07 Å². The number of aryl methyl sites for hydroxylation is 2. The summed E-state index contributed by atoms with van der Waals surface area (Å²) >= 11 is 0. The number of piperidine rings is 1. The normalized spacial score (nSPS) is 21.7. The van der Waals surface area contributed by atoms with Gasteiger partial charge < -0.3 is 10.2 Å². The van der Waals surface area contributed by atoms with E-state index in [1.54, 1.807) is 19.9 Å². The highest BCUT2D eigenvalue weighted by atomic mass is 19.4. The van der Waals surface area contributed by atoms with E-state index in [1.807, 2.05) is 0 Å². The number of carbonyl (C=O) groups excluding carboxylic acids is 2. The Hall–Kier alpha value is -2.06. The quantitative estimate of drug-likeness (QED) is 0.903. The van der Waals surface area contributed by atoms with Crippen LogP contribution in [0, 0.1) is 13.8 Å². The van der Waals surface area contributed by atoms with Crippen molar-refractivity contribution in [3.05, 3.63) is 17.5 Å². The zero-order chi connectivity index (χ0) is 18.1. The number of nitrogens with zero attached hydrogens (tertiary/aromatic N) is 3. The van der Waals surface area contributed by atoms with Crippen molar-refractivity contribution in [3.8, 4) is 0 Å². The number of amides is 2. The second-order valence-corrected chi connectivity index (χ2v) is 6.16. The molecular formula is C15H21F3N4O2. The summed E-state index contributed by atoms with van der Waals surface area (Å²) in [6.45, 7) is 4.39. The Balaban J connectivity index is 2.17. The number of nitrogens with one attached hydrogen (secondary N) is 1. The standard InChI is InChI=1S/C15H21F3N4O2/c1-9-6-10(2)22(20-9)8-14(24)21-7-12(19-11(3)23)4-5-13(21)15(16,17)18/h6,12-13H,4-5,7-8H2,1-3H3,(H,19,23)/t12-,13-/m0/s1. The molecule has 1 aliphatic rings. The number of carbonyl (C=O) groups is 2. The summed E-state index contributed by atoms with van der Waals surface area (Å²) in [6, 6.07) is -0.539. The number of hydrogen-bond acceptors (Lipinski definition) is 3. The molecule has 1 aliphatic heterocycles. The fourth-order valence-corrected chi connectivity index (χ4v) is 3.05. The Morgan fingerprint density at radius 2 is 2.00 bits per heavy atom. The Kier molecular flexibility index (Phi) is 5.19. The van der Waals surface area contributed by atoms with Gasteiger partial charge in [-0.3, -0.25) is 14.3 Å². The Morgan fingerprint density at radius 1 is 1.33 bits per heavy atom. The number of halogens is 3. The van der Waals surface area contributed by atoms with Gasteiger partial charge in [0.15, 0.2) is 0 Å². The molecule has 2 atom stereocenters. The Labute approximate surface area is 138 Å². The molecule has 134 valence electrons. The van der Waals surface area contributed by atoms with Gasteiger partial charge in [0.25, 0.3) is 0 Å². The summed E-state index contributed by atoms with van der Waals surface area (Å²) in [6.07, 6.45) is -4.53. The molecule has 2 amide bonds. The minimum atomic E-state index is -4.49. The van der Waals surface area contributed by atoms with E-state index in [2.05, 4.69) is 10.4 Å². The average molecular weight is 346 g/mol. The zero-order valence-corrected chi connectivity index (χ0v) is 13.9. The molecular weight excluding hydrogens is 325 g/mol. The van der Waals surface area contributed by atoms with Crippen molar-refractivity contribution >= 4 is 11.8 Å². The van der Waals surface area contributed by atoms with E-state index in [1.165, 1.54) is 11.6 Å². The van der Waals surface area contributed by atoms with Gasteiger partial charge in [-0.05, 0) is 32.8 Å². The predicted molar refractivity (Wildman–Crippen MR) is 80.1 cm³/mol. The van der Waals surface area contributed by atoms with Crippen LogP contribution in [0.2, 0.25) is 0 Å². The summed E-state index contributed by atoms with van der Waals surface area (Å²) in [7, 11) is 0. The summed E-state index contributed by atoms with van der Waals surface area (Å²) in [5.74, 6) is -0.977. The molecule has 0 spiro atoms. The van der Waals surface area contributed by atoms with Gasteiger partial charge in [-0.15, -0.1) is 0 Å². The minimum absolute atomic E-state index is 0.151. The van der Waals surface area contributed by atoms with Gasteiger partial charge in [-0.1, -0.05) is 0 Å². The molecule has 1 aromatic heterocycles. The average Bonchev–Trinajstić information content (AvgIpc) is 2.74. The van der Waals surface area contributed by atoms with E-state index in [-0.39, 0.29) is 31.8 Å². The number of aromatic nitrogens is 2. The monoisotopic (exact) mass is 346 g/mol. The molecule has 0 aromatic carbocycles. The lowest BCUT2D eigenvalue weighted by Gasteiger charge is -2.40. The van der Waals surface area contributed by atoms with E-state index in [9.17, 15) is 22.8 Å². The van der Waals surface area contributed by atoms with Crippen LogP contribution in [0.1, 0.15) is 31.2 Å². The van der Waals surface area contributed by atoms with Crippen LogP contribution in [0.5, 0.6) is 0 Å². The van der Waals surface area contributed by atoms with E-state index in [0.29, 0.717) is 11.4 Å². The van der Waals surface area contributed by atoms with E-state index in [0.717, 1.165) is 4.90 Å². The summed E-state index contributed by atoms with van der Waals surface area (Å²) in [4.78, 5) is 24.4. The van der Waals surface area contributed by atoms with Crippen LogP contribution in [-0.2, 0) is 16.1 Å².